The predicted molar refractivity (Wildman–Crippen MR) is 44.4 cm³/mol. The normalized spacial score (nSPS) is 9.83. The molecular weight excluding hydrogens is 647 g/mol. The molecular formula is CH3LiO20P5V3-15. The van der Waals surface area contributed by atoms with Gasteiger partial charge in [-0.25, -0.2) is 0 Å². The van der Waals surface area contributed by atoms with Crippen molar-refractivity contribution in [3.8, 4) is 0 Å². The molecule has 30 heavy (non-hydrogen) atoms. The molecule has 0 fully saturated rings. The van der Waals surface area contributed by atoms with Crippen LogP contribution in [0.2, 0.25) is 0 Å². The van der Waals surface area contributed by atoms with Crippen molar-refractivity contribution in [3.63, 3.8) is 0 Å². The van der Waals surface area contributed by atoms with E-state index < -0.39 is 39.1 Å². The molecule has 0 amide bonds. The molecule has 0 aromatic carbocycles. The van der Waals surface area contributed by atoms with Gasteiger partial charge in [-0.05, 0) is 0 Å². The Bertz CT molecular complexity index is 391. The predicted octanol–water partition coefficient (Wildman–Crippen LogP) is -16.7. The summed E-state index contributed by atoms with van der Waals surface area (Å²) in [5, 5.41) is 0. The molecule has 0 N–H and O–H groups in total. The van der Waals surface area contributed by atoms with Gasteiger partial charge in [0.25, 0.3) is 0 Å². The van der Waals surface area contributed by atoms with Crippen molar-refractivity contribution in [2.75, 3.05) is 0 Å². The standard InChI is InChI=1S/CH3.Li.5H3O4P.3V/c;;5*1-5(2,3)4;;;/h1H3;;5*(H3,1,2,3,4);;;/q-1;+1;;;;;;;;/p-15. The van der Waals surface area contributed by atoms with E-state index >= 15 is 0 Å². The minimum Gasteiger partial charge on any atom is -0.822 e. The first-order valence-corrected chi connectivity index (χ1v) is 11.0. The molecule has 0 aliphatic rings. The Balaban J connectivity index is -0.0000000200. The Morgan fingerprint density at radius 1 is 0.300 bits per heavy atom. The summed E-state index contributed by atoms with van der Waals surface area (Å²) in [6, 6.07) is 0. The Kier molecular flexibility index (Phi) is 59.9. The number of hydrogen-bond acceptors (Lipinski definition) is 20. The summed E-state index contributed by atoms with van der Waals surface area (Å²) >= 11 is 0. The van der Waals surface area contributed by atoms with E-state index in [0.717, 1.165) is 0 Å². The van der Waals surface area contributed by atoms with E-state index in [1.54, 1.807) is 0 Å². The third-order valence-electron chi connectivity index (χ3n) is 0. The number of phosphoric acid groups is 5. The molecule has 3 radical (unpaired) electrons. The van der Waals surface area contributed by atoms with Gasteiger partial charge in [-0.2, -0.15) is 39.1 Å². The molecule has 0 rings (SSSR count). The van der Waals surface area contributed by atoms with Crippen LogP contribution < -0.4 is 92.3 Å². The first-order valence-electron chi connectivity index (χ1n) is 3.65. The van der Waals surface area contributed by atoms with Gasteiger partial charge < -0.3 is 104 Å². The zero-order chi connectivity index (χ0) is 22.5. The quantitative estimate of drug-likeness (QED) is 0.133. The molecule has 20 nitrogen and oxygen atoms in total. The summed E-state index contributed by atoms with van der Waals surface area (Å²) in [4.78, 5) is 128. The zero-order valence-corrected chi connectivity index (χ0v) is 22.4. The van der Waals surface area contributed by atoms with Crippen molar-refractivity contribution in [2.24, 2.45) is 0 Å². The van der Waals surface area contributed by atoms with E-state index in [0.29, 0.717) is 0 Å². The summed E-state index contributed by atoms with van der Waals surface area (Å²) in [5.41, 5.74) is 0. The van der Waals surface area contributed by atoms with Crippen LogP contribution in [0.15, 0.2) is 0 Å². The summed E-state index contributed by atoms with van der Waals surface area (Å²) in [6.45, 7) is 0. The minimum absolute atomic E-state index is 0. The molecule has 0 saturated heterocycles. The average Bonchev–Trinajstić information content (AvgIpc) is 1.79. The third-order valence-corrected chi connectivity index (χ3v) is 0. The van der Waals surface area contributed by atoms with Crippen molar-refractivity contribution in [1.82, 2.24) is 0 Å². The maximum atomic E-state index is 8.55. The molecule has 0 atom stereocenters. The zero-order valence-electron chi connectivity index (χ0n) is 13.7. The van der Waals surface area contributed by atoms with Gasteiger partial charge in [-0.3, -0.25) is 0 Å². The van der Waals surface area contributed by atoms with Gasteiger partial charge in [-0.15, -0.1) is 0 Å². The second kappa shape index (κ2) is 28.1. The summed E-state index contributed by atoms with van der Waals surface area (Å²) in [7, 11) is -26.9. The fourth-order valence-electron chi connectivity index (χ4n) is 0. The van der Waals surface area contributed by atoms with Gasteiger partial charge in [0.1, 0.15) is 0 Å². The number of hydrogen-bond donors (Lipinski definition) is 0. The largest absolute Gasteiger partial charge is 1.00 e. The van der Waals surface area contributed by atoms with Crippen LogP contribution in [0.5, 0.6) is 0 Å². The summed E-state index contributed by atoms with van der Waals surface area (Å²) < 4.78 is 42.7. The van der Waals surface area contributed by atoms with Gasteiger partial charge in [0.05, 0.1) is 0 Å². The molecule has 0 aromatic heterocycles. The van der Waals surface area contributed by atoms with Crippen LogP contribution in [0.3, 0.4) is 0 Å². The minimum atomic E-state index is -5.39. The average molecular weight is 650 g/mol. The molecule has 183 valence electrons. The van der Waals surface area contributed by atoms with Gasteiger partial charge >= 0.3 is 18.9 Å². The molecule has 0 aliphatic carbocycles. The van der Waals surface area contributed by atoms with Crippen molar-refractivity contribution in [3.05, 3.63) is 7.43 Å². The Labute approximate surface area is 216 Å². The van der Waals surface area contributed by atoms with Crippen LogP contribution in [0.25, 0.3) is 0 Å². The summed E-state index contributed by atoms with van der Waals surface area (Å²) in [5.74, 6) is 0. The molecule has 0 spiro atoms. The monoisotopic (exact) mass is 650 g/mol. The molecule has 29 heteroatoms. The van der Waals surface area contributed by atoms with E-state index in [1.165, 1.54) is 0 Å². The first kappa shape index (κ1) is 63.8. The Hall–Kier alpha value is 2.90. The van der Waals surface area contributed by atoms with Crippen LogP contribution >= 0.6 is 39.1 Å². The van der Waals surface area contributed by atoms with Crippen LogP contribution in [0, 0.1) is 7.43 Å². The SMILES string of the molecule is O=P([O-])([O-])[O-].O=P([O-])([O-])[O-].O=P([O-])([O-])[O-].O=P([O-])([O-])[O-].O=P([O-])([O-])[O-].[CH3-].[Li+].[V].[V].[V]. The van der Waals surface area contributed by atoms with Gasteiger partial charge in [-0.1, -0.05) is 0 Å². The fraction of sp³-hybridized carbons (Fsp3) is 0. The molecule has 0 bridgehead atoms. The van der Waals surface area contributed by atoms with Crippen molar-refractivity contribution >= 4 is 39.1 Å². The van der Waals surface area contributed by atoms with Crippen LogP contribution in [0.4, 0.5) is 0 Å². The fourth-order valence-corrected chi connectivity index (χ4v) is 0. The van der Waals surface area contributed by atoms with Crippen LogP contribution in [0.1, 0.15) is 0 Å². The molecule has 0 unspecified atom stereocenters. The maximum absolute atomic E-state index is 8.55. The molecule has 0 heterocycles. The second-order valence-electron chi connectivity index (χ2n) is 2.24. The van der Waals surface area contributed by atoms with E-state index in [1.807, 2.05) is 0 Å². The van der Waals surface area contributed by atoms with Gasteiger partial charge in [0.15, 0.2) is 0 Å². The number of rotatable bonds is 0. The molecule has 0 saturated carbocycles. The Morgan fingerprint density at radius 2 is 0.300 bits per heavy atom. The van der Waals surface area contributed by atoms with E-state index in [9.17, 15) is 0 Å². The topological polar surface area (TPSA) is 431 Å². The Morgan fingerprint density at radius 3 is 0.300 bits per heavy atom. The van der Waals surface area contributed by atoms with Crippen molar-refractivity contribution in [2.45, 2.75) is 0 Å². The maximum Gasteiger partial charge on any atom is 1.00 e. The van der Waals surface area contributed by atoms with Crippen LogP contribution in [-0.4, -0.2) is 0 Å². The van der Waals surface area contributed by atoms with Crippen LogP contribution in [-0.2, 0) is 78.5 Å². The molecule has 0 aromatic rings. The van der Waals surface area contributed by atoms with Crippen molar-refractivity contribution < 1.29 is 171 Å². The van der Waals surface area contributed by atoms with E-state index in [2.05, 4.69) is 0 Å². The van der Waals surface area contributed by atoms with Gasteiger partial charge in [0, 0.05) is 55.7 Å². The van der Waals surface area contributed by atoms with E-state index in [-0.39, 0.29) is 82.0 Å². The van der Waals surface area contributed by atoms with Crippen molar-refractivity contribution in [1.29, 1.82) is 0 Å². The summed E-state index contributed by atoms with van der Waals surface area (Å²) in [6.07, 6.45) is 0. The van der Waals surface area contributed by atoms with Gasteiger partial charge in [0.2, 0.25) is 0 Å². The van der Waals surface area contributed by atoms with E-state index in [4.69, 9.17) is 96.2 Å². The smallest absolute Gasteiger partial charge is 0.822 e. The first-order chi connectivity index (χ1) is 10.0. The third kappa shape index (κ3) is 3280. The molecule has 0 aliphatic heterocycles. The second-order valence-corrected chi connectivity index (χ2v) is 6.71.